The van der Waals surface area contributed by atoms with Gasteiger partial charge in [-0.15, -0.1) is 0 Å². The van der Waals surface area contributed by atoms with Crippen LogP contribution in [0.1, 0.15) is 5.56 Å². The van der Waals surface area contributed by atoms with Crippen molar-refractivity contribution in [2.45, 2.75) is 0 Å². The molecular weight excluding hydrogens is 528 g/mol. The lowest BCUT2D eigenvalue weighted by Crippen LogP contribution is -2.22. The third kappa shape index (κ3) is 5.26. The molecule has 172 valence electrons. The molecule has 1 heterocycles. The molecule has 6 nitrogen and oxygen atoms in total. The minimum Gasteiger partial charge on any atom is -0.457 e. The smallest absolute Gasteiger partial charge is 0.267 e. The molecule has 0 aliphatic rings. The van der Waals surface area contributed by atoms with Crippen LogP contribution in [0.3, 0.4) is 0 Å². The Balaban J connectivity index is 1.39. The summed E-state index contributed by atoms with van der Waals surface area (Å²) >= 11 is 9.45. The number of nitrogens with one attached hydrogen (secondary N) is 1. The highest BCUT2D eigenvalue weighted by Gasteiger charge is 2.12. The van der Waals surface area contributed by atoms with Gasteiger partial charge in [0.2, 0.25) is 5.95 Å². The molecule has 5 aromatic rings. The van der Waals surface area contributed by atoms with Gasteiger partial charge in [-0.05, 0) is 90.5 Å². The van der Waals surface area contributed by atoms with Crippen LogP contribution < -0.4 is 15.7 Å². The summed E-state index contributed by atoms with van der Waals surface area (Å²) in [6.07, 6.45) is 1.65. The Morgan fingerprint density at radius 2 is 1.54 bits per heavy atom. The number of nitrogens with zero attached hydrogens (tertiary/aromatic N) is 3. The molecule has 0 spiro atoms. The van der Waals surface area contributed by atoms with Gasteiger partial charge < -0.3 is 4.74 Å². The molecular formula is C27H18BrClN4O2. The zero-order valence-electron chi connectivity index (χ0n) is 18.2. The summed E-state index contributed by atoms with van der Waals surface area (Å²) in [5, 5.41) is 5.41. The van der Waals surface area contributed by atoms with Crippen molar-refractivity contribution in [3.8, 4) is 17.2 Å². The maximum absolute atomic E-state index is 13.3. The topological polar surface area (TPSA) is 68.5 Å². The predicted molar refractivity (Wildman–Crippen MR) is 144 cm³/mol. The van der Waals surface area contributed by atoms with E-state index >= 15 is 0 Å². The number of hydrogen-bond acceptors (Lipinski definition) is 5. The van der Waals surface area contributed by atoms with Crippen LogP contribution >= 0.6 is 27.5 Å². The number of halogens is 2. The van der Waals surface area contributed by atoms with E-state index in [1.54, 1.807) is 42.6 Å². The molecule has 0 bridgehead atoms. The van der Waals surface area contributed by atoms with Crippen molar-refractivity contribution in [1.82, 2.24) is 9.55 Å². The summed E-state index contributed by atoms with van der Waals surface area (Å²) in [7, 11) is 0. The quantitative estimate of drug-likeness (QED) is 0.184. The SMILES string of the molecule is O=c1c2ccccc2nc(N/N=C/c2ccc(Oc3ccc(Br)cc3)cc2)n1-c1ccc(Cl)cc1. The molecule has 0 aliphatic heterocycles. The van der Waals surface area contributed by atoms with Gasteiger partial charge in [0, 0.05) is 9.50 Å². The monoisotopic (exact) mass is 544 g/mol. The highest BCUT2D eigenvalue weighted by atomic mass is 79.9. The summed E-state index contributed by atoms with van der Waals surface area (Å²) in [6.45, 7) is 0. The van der Waals surface area contributed by atoms with Gasteiger partial charge in [-0.1, -0.05) is 39.7 Å². The van der Waals surface area contributed by atoms with Gasteiger partial charge in [-0.25, -0.2) is 15.0 Å². The minimum absolute atomic E-state index is 0.204. The van der Waals surface area contributed by atoms with E-state index in [4.69, 9.17) is 16.3 Å². The minimum atomic E-state index is -0.204. The van der Waals surface area contributed by atoms with Crippen molar-refractivity contribution >= 4 is 50.6 Å². The molecule has 0 saturated carbocycles. The molecule has 0 unspecified atom stereocenters. The molecule has 5 rings (SSSR count). The maximum atomic E-state index is 13.3. The third-order valence-corrected chi connectivity index (χ3v) is 5.95. The lowest BCUT2D eigenvalue weighted by atomic mass is 10.2. The summed E-state index contributed by atoms with van der Waals surface area (Å²) in [5.41, 5.74) is 4.77. The van der Waals surface area contributed by atoms with E-state index in [9.17, 15) is 4.79 Å². The Hall–Kier alpha value is -3.94. The van der Waals surface area contributed by atoms with Crippen LogP contribution in [0.2, 0.25) is 5.02 Å². The zero-order chi connectivity index (χ0) is 24.2. The molecule has 0 radical (unpaired) electrons. The molecule has 0 atom stereocenters. The van der Waals surface area contributed by atoms with Gasteiger partial charge in [-0.3, -0.25) is 4.79 Å². The molecule has 0 saturated heterocycles. The molecule has 0 aliphatic carbocycles. The average Bonchev–Trinajstić information content (AvgIpc) is 2.87. The average molecular weight is 546 g/mol. The maximum Gasteiger partial charge on any atom is 0.267 e. The van der Waals surface area contributed by atoms with Crippen molar-refractivity contribution in [3.63, 3.8) is 0 Å². The fourth-order valence-electron chi connectivity index (χ4n) is 3.46. The first-order valence-electron chi connectivity index (χ1n) is 10.7. The lowest BCUT2D eigenvalue weighted by molar-refractivity contribution is 0.482. The Kier molecular flexibility index (Phi) is 6.61. The molecule has 0 amide bonds. The standard InChI is InChI=1S/C27H18BrClN4O2/c28-19-7-15-23(16-8-19)35-22-13-5-18(6-14-22)17-30-32-27-31-25-4-2-1-3-24(25)26(34)33(27)21-11-9-20(29)10-12-21/h1-17H,(H,31,32)/b30-17+. The largest absolute Gasteiger partial charge is 0.457 e. The summed E-state index contributed by atoms with van der Waals surface area (Å²) in [5.74, 6) is 1.76. The van der Waals surface area contributed by atoms with Crippen LogP contribution in [0.15, 0.2) is 111 Å². The number of rotatable bonds is 6. The first-order chi connectivity index (χ1) is 17.1. The van der Waals surface area contributed by atoms with E-state index in [-0.39, 0.29) is 5.56 Å². The van der Waals surface area contributed by atoms with Crippen LogP contribution in [0.25, 0.3) is 16.6 Å². The van der Waals surface area contributed by atoms with E-state index in [1.165, 1.54) is 4.57 Å². The van der Waals surface area contributed by atoms with Crippen LogP contribution in [0, 0.1) is 0 Å². The number of hydrazone groups is 1. The van der Waals surface area contributed by atoms with Gasteiger partial charge in [0.15, 0.2) is 0 Å². The first kappa shape index (κ1) is 22.8. The lowest BCUT2D eigenvalue weighted by Gasteiger charge is -2.13. The molecule has 4 aromatic carbocycles. The fourth-order valence-corrected chi connectivity index (χ4v) is 3.85. The Labute approximate surface area is 214 Å². The van der Waals surface area contributed by atoms with Gasteiger partial charge in [0.05, 0.1) is 22.8 Å². The normalized spacial score (nSPS) is 11.1. The van der Waals surface area contributed by atoms with Crippen molar-refractivity contribution in [1.29, 1.82) is 0 Å². The Bertz CT molecular complexity index is 1570. The van der Waals surface area contributed by atoms with E-state index in [1.807, 2.05) is 60.7 Å². The number of ether oxygens (including phenoxy) is 1. The van der Waals surface area contributed by atoms with Gasteiger partial charge >= 0.3 is 0 Å². The Morgan fingerprint density at radius 3 is 2.26 bits per heavy atom. The highest BCUT2D eigenvalue weighted by molar-refractivity contribution is 9.10. The number of hydrogen-bond donors (Lipinski definition) is 1. The molecule has 35 heavy (non-hydrogen) atoms. The second-order valence-electron chi connectivity index (χ2n) is 7.56. The van der Waals surface area contributed by atoms with Gasteiger partial charge in [-0.2, -0.15) is 5.10 Å². The Morgan fingerprint density at radius 1 is 0.886 bits per heavy atom. The highest BCUT2D eigenvalue weighted by Crippen LogP contribution is 2.23. The molecule has 1 N–H and O–H groups in total. The predicted octanol–water partition coefficient (Wildman–Crippen LogP) is 7.04. The van der Waals surface area contributed by atoms with E-state index in [0.29, 0.717) is 33.3 Å². The summed E-state index contributed by atoms with van der Waals surface area (Å²) in [4.78, 5) is 17.9. The first-order valence-corrected chi connectivity index (χ1v) is 11.8. The van der Waals surface area contributed by atoms with Crippen molar-refractivity contribution in [2.75, 3.05) is 5.43 Å². The van der Waals surface area contributed by atoms with E-state index < -0.39 is 0 Å². The van der Waals surface area contributed by atoms with Crippen LogP contribution in [-0.2, 0) is 0 Å². The molecule has 8 heteroatoms. The number of aromatic nitrogens is 2. The van der Waals surface area contributed by atoms with Crippen LogP contribution in [0.5, 0.6) is 11.5 Å². The van der Waals surface area contributed by atoms with Crippen molar-refractivity contribution < 1.29 is 4.74 Å². The molecule has 0 fully saturated rings. The number of para-hydroxylation sites is 1. The number of anilines is 1. The second-order valence-corrected chi connectivity index (χ2v) is 8.92. The van der Waals surface area contributed by atoms with Crippen molar-refractivity contribution in [3.05, 3.63) is 122 Å². The van der Waals surface area contributed by atoms with Gasteiger partial charge in [0.1, 0.15) is 11.5 Å². The van der Waals surface area contributed by atoms with Gasteiger partial charge in [0.25, 0.3) is 5.56 Å². The third-order valence-electron chi connectivity index (χ3n) is 5.17. The summed E-state index contributed by atoms with van der Waals surface area (Å²) < 4.78 is 8.32. The second kappa shape index (κ2) is 10.1. The zero-order valence-corrected chi connectivity index (χ0v) is 20.6. The summed E-state index contributed by atoms with van der Waals surface area (Å²) in [6, 6.07) is 29.3. The fraction of sp³-hybridized carbons (Fsp3) is 0. The van der Waals surface area contributed by atoms with Crippen LogP contribution in [0.4, 0.5) is 5.95 Å². The number of fused-ring (bicyclic) bond motifs is 1. The van der Waals surface area contributed by atoms with E-state index in [0.717, 1.165) is 15.8 Å². The number of benzene rings is 4. The van der Waals surface area contributed by atoms with Crippen molar-refractivity contribution in [2.24, 2.45) is 5.10 Å². The molecule has 1 aromatic heterocycles. The van der Waals surface area contributed by atoms with Crippen LogP contribution in [-0.4, -0.2) is 15.8 Å². The van der Waals surface area contributed by atoms with E-state index in [2.05, 4.69) is 31.4 Å².